The summed E-state index contributed by atoms with van der Waals surface area (Å²) in [6.07, 6.45) is 1.92. The first-order valence-corrected chi connectivity index (χ1v) is 6.61. The summed E-state index contributed by atoms with van der Waals surface area (Å²) in [7, 11) is 0. The van der Waals surface area contributed by atoms with E-state index >= 15 is 0 Å². The molecular formula is C11H15Cl3N2O. The third kappa shape index (κ3) is 5.30. The second kappa shape index (κ2) is 7.98. The first-order chi connectivity index (χ1) is 8.15. The number of pyridine rings is 1. The van der Waals surface area contributed by atoms with Gasteiger partial charge >= 0.3 is 0 Å². The molecule has 96 valence electrons. The monoisotopic (exact) mass is 296 g/mol. The van der Waals surface area contributed by atoms with Crippen molar-refractivity contribution in [1.29, 1.82) is 0 Å². The van der Waals surface area contributed by atoms with Gasteiger partial charge in [0.05, 0.1) is 10.0 Å². The molecule has 0 bridgehead atoms. The summed E-state index contributed by atoms with van der Waals surface area (Å²) in [5.41, 5.74) is 0. The Kier molecular flexibility index (Phi) is 6.97. The standard InChI is InChI=1S/C11H15Cl3N2O/c1-2-5-17-6-3-4-15-11-9(13)7-8(12)10(14)16-11/h7H,2-6H2,1H3,(H,15,16). The van der Waals surface area contributed by atoms with Gasteiger partial charge in [-0.15, -0.1) is 0 Å². The van der Waals surface area contributed by atoms with Crippen LogP contribution in [0.4, 0.5) is 5.82 Å². The molecule has 0 aliphatic heterocycles. The molecule has 1 aromatic heterocycles. The lowest BCUT2D eigenvalue weighted by atomic mass is 10.4. The Morgan fingerprint density at radius 2 is 2.00 bits per heavy atom. The highest BCUT2D eigenvalue weighted by Gasteiger charge is 2.06. The van der Waals surface area contributed by atoms with Crippen molar-refractivity contribution in [2.45, 2.75) is 19.8 Å². The fraction of sp³-hybridized carbons (Fsp3) is 0.545. The van der Waals surface area contributed by atoms with E-state index in [-0.39, 0.29) is 5.15 Å². The molecule has 1 aromatic rings. The van der Waals surface area contributed by atoms with E-state index in [1.54, 1.807) is 6.07 Å². The summed E-state index contributed by atoms with van der Waals surface area (Å²) in [4.78, 5) is 4.06. The Hall–Kier alpha value is -0.220. The van der Waals surface area contributed by atoms with Gasteiger partial charge in [-0.05, 0) is 18.9 Å². The van der Waals surface area contributed by atoms with Crippen LogP contribution in [-0.2, 0) is 4.74 Å². The Morgan fingerprint density at radius 3 is 2.71 bits per heavy atom. The molecule has 1 N–H and O–H groups in total. The van der Waals surface area contributed by atoms with Crippen molar-refractivity contribution in [1.82, 2.24) is 4.98 Å². The van der Waals surface area contributed by atoms with Crippen molar-refractivity contribution < 1.29 is 4.74 Å². The smallest absolute Gasteiger partial charge is 0.150 e. The second-order valence-corrected chi connectivity index (χ2v) is 4.66. The second-order valence-electron chi connectivity index (χ2n) is 3.48. The highest BCUT2D eigenvalue weighted by molar-refractivity contribution is 6.42. The van der Waals surface area contributed by atoms with Crippen molar-refractivity contribution in [2.24, 2.45) is 0 Å². The van der Waals surface area contributed by atoms with Gasteiger partial charge in [0.2, 0.25) is 0 Å². The van der Waals surface area contributed by atoms with E-state index in [4.69, 9.17) is 39.5 Å². The van der Waals surface area contributed by atoms with E-state index in [0.29, 0.717) is 15.9 Å². The zero-order valence-corrected chi connectivity index (χ0v) is 11.9. The number of nitrogens with one attached hydrogen (secondary N) is 1. The summed E-state index contributed by atoms with van der Waals surface area (Å²) >= 11 is 17.5. The number of anilines is 1. The molecule has 1 rings (SSSR count). The molecule has 17 heavy (non-hydrogen) atoms. The van der Waals surface area contributed by atoms with Gasteiger partial charge in [-0.3, -0.25) is 0 Å². The molecule has 0 unspecified atom stereocenters. The van der Waals surface area contributed by atoms with E-state index in [9.17, 15) is 0 Å². The predicted octanol–water partition coefficient (Wildman–Crippen LogP) is 4.27. The van der Waals surface area contributed by atoms with E-state index in [0.717, 1.165) is 32.6 Å². The molecular weight excluding hydrogens is 282 g/mol. The highest BCUT2D eigenvalue weighted by Crippen LogP contribution is 2.28. The number of ether oxygens (including phenoxy) is 1. The molecule has 0 radical (unpaired) electrons. The number of rotatable bonds is 7. The van der Waals surface area contributed by atoms with Crippen LogP contribution in [0.25, 0.3) is 0 Å². The molecule has 0 aliphatic carbocycles. The molecule has 0 fully saturated rings. The van der Waals surface area contributed by atoms with Crippen LogP contribution in [0.1, 0.15) is 19.8 Å². The maximum atomic E-state index is 5.96. The summed E-state index contributed by atoms with van der Waals surface area (Å²) < 4.78 is 5.35. The minimum absolute atomic E-state index is 0.251. The highest BCUT2D eigenvalue weighted by atomic mass is 35.5. The number of hydrogen-bond donors (Lipinski definition) is 1. The van der Waals surface area contributed by atoms with Gasteiger partial charge < -0.3 is 10.1 Å². The minimum Gasteiger partial charge on any atom is -0.381 e. The third-order valence-corrected chi connectivity index (χ3v) is 2.95. The number of halogens is 3. The number of aromatic nitrogens is 1. The topological polar surface area (TPSA) is 34.1 Å². The van der Waals surface area contributed by atoms with Crippen molar-refractivity contribution in [3.63, 3.8) is 0 Å². The van der Waals surface area contributed by atoms with Gasteiger partial charge in [0, 0.05) is 19.8 Å². The zero-order valence-electron chi connectivity index (χ0n) is 9.60. The molecule has 6 heteroatoms. The number of nitrogens with zero attached hydrogens (tertiary/aromatic N) is 1. The Morgan fingerprint density at radius 1 is 1.24 bits per heavy atom. The largest absolute Gasteiger partial charge is 0.381 e. The Bertz CT molecular complexity index is 361. The maximum Gasteiger partial charge on any atom is 0.150 e. The number of hydrogen-bond acceptors (Lipinski definition) is 3. The first kappa shape index (κ1) is 14.8. The quantitative estimate of drug-likeness (QED) is 0.603. The van der Waals surface area contributed by atoms with E-state index < -0.39 is 0 Å². The first-order valence-electron chi connectivity index (χ1n) is 5.48. The minimum atomic E-state index is 0.251. The fourth-order valence-electron chi connectivity index (χ4n) is 1.20. The fourth-order valence-corrected chi connectivity index (χ4v) is 1.76. The molecule has 0 saturated heterocycles. The normalized spacial score (nSPS) is 10.6. The molecule has 0 spiro atoms. The Labute approximate surface area is 116 Å². The zero-order chi connectivity index (χ0) is 12.7. The molecule has 3 nitrogen and oxygen atoms in total. The van der Waals surface area contributed by atoms with Crippen LogP contribution >= 0.6 is 34.8 Å². The maximum absolute atomic E-state index is 5.96. The SMILES string of the molecule is CCCOCCCNc1nc(Cl)c(Cl)cc1Cl. The van der Waals surface area contributed by atoms with Crippen LogP contribution in [0.2, 0.25) is 15.2 Å². The molecule has 0 aliphatic rings. The average molecular weight is 298 g/mol. The summed E-state index contributed by atoms with van der Waals surface area (Å²) in [5, 5.41) is 4.16. The molecule has 0 amide bonds. The Balaban J connectivity index is 2.34. The van der Waals surface area contributed by atoms with E-state index in [1.165, 1.54) is 0 Å². The lowest BCUT2D eigenvalue weighted by Gasteiger charge is -2.08. The van der Waals surface area contributed by atoms with Crippen molar-refractivity contribution in [3.05, 3.63) is 21.3 Å². The molecule has 1 heterocycles. The average Bonchev–Trinajstić information content (AvgIpc) is 2.30. The van der Waals surface area contributed by atoms with Crippen LogP contribution in [0, 0.1) is 0 Å². The molecule has 0 atom stereocenters. The van der Waals surface area contributed by atoms with Gasteiger partial charge in [-0.2, -0.15) is 0 Å². The van der Waals surface area contributed by atoms with Crippen molar-refractivity contribution in [2.75, 3.05) is 25.1 Å². The van der Waals surface area contributed by atoms with Gasteiger partial charge in [0.1, 0.15) is 11.0 Å². The predicted molar refractivity (Wildman–Crippen MR) is 73.5 cm³/mol. The van der Waals surface area contributed by atoms with Crippen LogP contribution in [0.3, 0.4) is 0 Å². The van der Waals surface area contributed by atoms with Gasteiger partial charge in [-0.1, -0.05) is 41.7 Å². The third-order valence-electron chi connectivity index (χ3n) is 1.99. The van der Waals surface area contributed by atoms with E-state index in [1.807, 2.05) is 0 Å². The van der Waals surface area contributed by atoms with Crippen LogP contribution in [0.5, 0.6) is 0 Å². The van der Waals surface area contributed by atoms with E-state index in [2.05, 4.69) is 17.2 Å². The summed E-state index contributed by atoms with van der Waals surface area (Å²) in [5.74, 6) is 0.552. The van der Waals surface area contributed by atoms with Crippen LogP contribution in [0.15, 0.2) is 6.07 Å². The van der Waals surface area contributed by atoms with Gasteiger partial charge in [-0.25, -0.2) is 4.98 Å². The van der Waals surface area contributed by atoms with Crippen LogP contribution < -0.4 is 5.32 Å². The molecule has 0 saturated carbocycles. The molecule has 0 aromatic carbocycles. The van der Waals surface area contributed by atoms with Crippen molar-refractivity contribution >= 4 is 40.6 Å². The lowest BCUT2D eigenvalue weighted by molar-refractivity contribution is 0.134. The lowest BCUT2D eigenvalue weighted by Crippen LogP contribution is -2.07. The van der Waals surface area contributed by atoms with Gasteiger partial charge in [0.25, 0.3) is 0 Å². The van der Waals surface area contributed by atoms with Crippen LogP contribution in [-0.4, -0.2) is 24.7 Å². The van der Waals surface area contributed by atoms with Crippen molar-refractivity contribution in [3.8, 4) is 0 Å². The van der Waals surface area contributed by atoms with Gasteiger partial charge in [0.15, 0.2) is 0 Å². The summed E-state index contributed by atoms with van der Waals surface area (Å²) in [6, 6.07) is 1.58. The summed E-state index contributed by atoms with van der Waals surface area (Å²) in [6.45, 7) is 4.33.